The van der Waals surface area contributed by atoms with Gasteiger partial charge in [0.1, 0.15) is 0 Å². The highest BCUT2D eigenvalue weighted by Gasteiger charge is 2.53. The standard InChI is InChI=1S/C22H23NO2/c1-12-3-2-4-15(9-12)21-20-14-6-5-13(10-14)19(20)17-11-16(22(24)25)7-8-18(17)23-21/h2-4,7-9,11,13-14,19-21,23H,5-6,10H2,1H3,(H,24,25)/t13-,14-,19-,20+,21-/m0/s1. The number of fused-ring (bicyclic) bond motifs is 7. The van der Waals surface area contributed by atoms with Gasteiger partial charge in [0.15, 0.2) is 0 Å². The summed E-state index contributed by atoms with van der Waals surface area (Å²) in [6, 6.07) is 14.8. The van der Waals surface area contributed by atoms with E-state index in [1.807, 2.05) is 12.1 Å². The molecule has 2 N–H and O–H groups in total. The SMILES string of the molecule is Cc1cccc([C@@H]2Nc3ccc(C(=O)O)cc3[C@@H]3[C@H]4CC[C@@H](C4)[C@H]32)c1. The second-order valence-electron chi connectivity index (χ2n) is 8.08. The van der Waals surface area contributed by atoms with E-state index in [0.717, 1.165) is 11.6 Å². The molecule has 2 saturated carbocycles. The second kappa shape index (κ2) is 5.35. The molecule has 0 radical (unpaired) electrons. The van der Waals surface area contributed by atoms with Crippen molar-refractivity contribution in [2.24, 2.45) is 17.8 Å². The van der Waals surface area contributed by atoms with Crippen molar-refractivity contribution in [3.8, 4) is 0 Å². The second-order valence-corrected chi connectivity index (χ2v) is 8.08. The molecule has 0 spiro atoms. The Balaban J connectivity index is 1.64. The molecular formula is C22H23NO2. The average Bonchev–Trinajstić information content (AvgIpc) is 3.22. The van der Waals surface area contributed by atoms with Crippen molar-refractivity contribution in [1.29, 1.82) is 0 Å². The van der Waals surface area contributed by atoms with Crippen LogP contribution in [-0.4, -0.2) is 11.1 Å². The van der Waals surface area contributed by atoms with E-state index in [4.69, 9.17) is 0 Å². The monoisotopic (exact) mass is 333 g/mol. The highest BCUT2D eigenvalue weighted by molar-refractivity contribution is 5.88. The Morgan fingerprint density at radius 2 is 1.96 bits per heavy atom. The van der Waals surface area contributed by atoms with Crippen LogP contribution in [-0.2, 0) is 0 Å². The van der Waals surface area contributed by atoms with E-state index < -0.39 is 5.97 Å². The maximum atomic E-state index is 11.4. The summed E-state index contributed by atoms with van der Waals surface area (Å²) in [5.41, 5.74) is 5.45. The highest BCUT2D eigenvalue weighted by atomic mass is 16.4. The third kappa shape index (κ3) is 2.21. The molecule has 128 valence electrons. The van der Waals surface area contributed by atoms with Crippen LogP contribution in [0.2, 0.25) is 0 Å². The van der Waals surface area contributed by atoms with Crippen LogP contribution in [0.25, 0.3) is 0 Å². The summed E-state index contributed by atoms with van der Waals surface area (Å²) in [5, 5.41) is 13.2. The molecule has 1 aliphatic heterocycles. The van der Waals surface area contributed by atoms with Gasteiger partial charge in [-0.3, -0.25) is 0 Å². The smallest absolute Gasteiger partial charge is 0.335 e. The number of rotatable bonds is 2. The van der Waals surface area contributed by atoms with Crippen molar-refractivity contribution in [1.82, 2.24) is 0 Å². The van der Waals surface area contributed by atoms with Crippen LogP contribution >= 0.6 is 0 Å². The molecule has 3 nitrogen and oxygen atoms in total. The van der Waals surface area contributed by atoms with Crippen LogP contribution in [0.3, 0.4) is 0 Å². The minimum Gasteiger partial charge on any atom is -0.478 e. The van der Waals surface area contributed by atoms with Crippen molar-refractivity contribution < 1.29 is 9.90 Å². The van der Waals surface area contributed by atoms with E-state index in [1.54, 1.807) is 6.07 Å². The Labute approximate surface area is 148 Å². The fourth-order valence-electron chi connectivity index (χ4n) is 5.81. The van der Waals surface area contributed by atoms with Gasteiger partial charge >= 0.3 is 5.97 Å². The Hall–Kier alpha value is -2.29. The Kier molecular flexibility index (Phi) is 3.21. The zero-order valence-corrected chi connectivity index (χ0v) is 14.4. The van der Waals surface area contributed by atoms with Crippen molar-refractivity contribution in [2.75, 3.05) is 5.32 Å². The molecule has 0 aromatic heterocycles. The van der Waals surface area contributed by atoms with Gasteiger partial charge < -0.3 is 10.4 Å². The van der Waals surface area contributed by atoms with Crippen LogP contribution in [0.15, 0.2) is 42.5 Å². The van der Waals surface area contributed by atoms with E-state index in [1.165, 1.54) is 36.0 Å². The lowest BCUT2D eigenvalue weighted by atomic mass is 9.68. The van der Waals surface area contributed by atoms with Crippen LogP contribution in [0.5, 0.6) is 0 Å². The Morgan fingerprint density at radius 3 is 2.76 bits per heavy atom. The zero-order valence-electron chi connectivity index (χ0n) is 14.4. The lowest BCUT2D eigenvalue weighted by Crippen LogP contribution is -2.35. The molecule has 1 heterocycles. The minimum atomic E-state index is -0.830. The number of anilines is 1. The van der Waals surface area contributed by atoms with E-state index in [2.05, 4.69) is 36.5 Å². The van der Waals surface area contributed by atoms with Gasteiger partial charge in [-0.05, 0) is 79.2 Å². The number of carbonyl (C=O) groups is 1. The van der Waals surface area contributed by atoms with Gasteiger partial charge in [0.2, 0.25) is 0 Å². The molecule has 2 bridgehead atoms. The van der Waals surface area contributed by atoms with Gasteiger partial charge in [0.25, 0.3) is 0 Å². The van der Waals surface area contributed by atoms with Gasteiger partial charge in [-0.2, -0.15) is 0 Å². The van der Waals surface area contributed by atoms with Gasteiger partial charge in [0.05, 0.1) is 11.6 Å². The quantitative estimate of drug-likeness (QED) is 0.814. The van der Waals surface area contributed by atoms with E-state index in [9.17, 15) is 9.90 Å². The first-order chi connectivity index (χ1) is 12.1. The molecule has 5 rings (SSSR count). The molecular weight excluding hydrogens is 310 g/mol. The van der Waals surface area contributed by atoms with Crippen molar-refractivity contribution in [3.63, 3.8) is 0 Å². The van der Waals surface area contributed by atoms with Crippen LogP contribution < -0.4 is 5.32 Å². The minimum absolute atomic E-state index is 0.336. The topological polar surface area (TPSA) is 49.3 Å². The summed E-state index contributed by atoms with van der Waals surface area (Å²) in [6.45, 7) is 2.15. The number of benzene rings is 2. The molecule has 5 atom stereocenters. The Bertz CT molecular complexity index is 859. The molecule has 0 saturated heterocycles. The fourth-order valence-corrected chi connectivity index (χ4v) is 5.81. The number of carboxylic acids is 1. The molecule has 2 fully saturated rings. The summed E-state index contributed by atoms with van der Waals surface area (Å²) < 4.78 is 0. The first kappa shape index (κ1) is 15.0. The highest BCUT2D eigenvalue weighted by Crippen LogP contribution is 2.63. The van der Waals surface area contributed by atoms with E-state index in [-0.39, 0.29) is 0 Å². The third-order valence-electron chi connectivity index (χ3n) is 6.74. The number of nitrogens with one attached hydrogen (secondary N) is 1. The molecule has 0 amide bonds. The van der Waals surface area contributed by atoms with Gasteiger partial charge in [-0.15, -0.1) is 0 Å². The number of carboxylic acid groups (broad SMARTS) is 1. The first-order valence-corrected chi connectivity index (χ1v) is 9.32. The maximum Gasteiger partial charge on any atom is 0.335 e. The van der Waals surface area contributed by atoms with E-state index in [0.29, 0.717) is 29.4 Å². The number of hydrogen-bond donors (Lipinski definition) is 2. The molecule has 25 heavy (non-hydrogen) atoms. The molecule has 2 aliphatic carbocycles. The Morgan fingerprint density at radius 1 is 1.12 bits per heavy atom. The van der Waals surface area contributed by atoms with Crippen LogP contribution in [0.4, 0.5) is 5.69 Å². The van der Waals surface area contributed by atoms with Crippen molar-refractivity contribution >= 4 is 11.7 Å². The molecule has 0 unspecified atom stereocenters. The van der Waals surface area contributed by atoms with Crippen molar-refractivity contribution in [3.05, 3.63) is 64.7 Å². The number of aryl methyl sites for hydroxylation is 1. The normalized spacial score (nSPS) is 32.0. The van der Waals surface area contributed by atoms with Crippen LogP contribution in [0, 0.1) is 24.7 Å². The third-order valence-corrected chi connectivity index (χ3v) is 6.74. The summed E-state index contributed by atoms with van der Waals surface area (Å²) in [5.74, 6) is 1.72. The fraction of sp³-hybridized carbons (Fsp3) is 0.409. The van der Waals surface area contributed by atoms with Crippen molar-refractivity contribution in [2.45, 2.75) is 38.1 Å². The van der Waals surface area contributed by atoms with Gasteiger partial charge in [-0.1, -0.05) is 29.8 Å². The predicted octanol–water partition coefficient (Wildman–Crippen LogP) is 4.99. The summed E-state index contributed by atoms with van der Waals surface area (Å²) in [6.07, 6.45) is 3.92. The summed E-state index contributed by atoms with van der Waals surface area (Å²) >= 11 is 0. The predicted molar refractivity (Wildman–Crippen MR) is 98.0 cm³/mol. The average molecular weight is 333 g/mol. The molecule has 2 aromatic rings. The van der Waals surface area contributed by atoms with Gasteiger partial charge in [0, 0.05) is 5.69 Å². The van der Waals surface area contributed by atoms with Crippen LogP contribution in [0.1, 0.15) is 58.3 Å². The lowest BCUT2D eigenvalue weighted by molar-refractivity contribution is 0.0696. The molecule has 2 aromatic carbocycles. The largest absolute Gasteiger partial charge is 0.478 e. The lowest BCUT2D eigenvalue weighted by Gasteiger charge is -2.43. The number of hydrogen-bond acceptors (Lipinski definition) is 2. The van der Waals surface area contributed by atoms with Gasteiger partial charge in [-0.25, -0.2) is 4.79 Å². The van der Waals surface area contributed by atoms with E-state index >= 15 is 0 Å². The zero-order chi connectivity index (χ0) is 17.1. The molecule has 3 heteroatoms. The molecule has 3 aliphatic rings. The summed E-state index contributed by atoms with van der Waals surface area (Å²) in [4.78, 5) is 11.4. The summed E-state index contributed by atoms with van der Waals surface area (Å²) in [7, 11) is 0. The first-order valence-electron chi connectivity index (χ1n) is 9.32. The maximum absolute atomic E-state index is 11.4. The number of aromatic carboxylic acids is 1.